The monoisotopic (exact) mass is 283 g/mol. The summed E-state index contributed by atoms with van der Waals surface area (Å²) in [5, 5.41) is 3.31. The van der Waals surface area contributed by atoms with Gasteiger partial charge in [0.1, 0.15) is 5.82 Å². The molecule has 2 aromatic rings. The molecule has 0 heterocycles. The molecule has 1 aliphatic rings. The summed E-state index contributed by atoms with van der Waals surface area (Å²) in [7, 11) is 1.94. The topological polar surface area (TPSA) is 12.0 Å². The molecule has 2 heteroatoms. The van der Waals surface area contributed by atoms with Crippen molar-refractivity contribution in [3.63, 3.8) is 0 Å². The van der Waals surface area contributed by atoms with Gasteiger partial charge in [-0.1, -0.05) is 30.3 Å². The SMILES string of the molecule is CNC(Cc1ccc2c(c1)CCC2)c1ccc(C)c(F)c1. The zero-order valence-corrected chi connectivity index (χ0v) is 12.7. The Hall–Kier alpha value is -1.67. The number of aryl methyl sites for hydroxylation is 3. The highest BCUT2D eigenvalue weighted by Gasteiger charge is 2.15. The van der Waals surface area contributed by atoms with E-state index in [1.54, 1.807) is 13.0 Å². The highest BCUT2D eigenvalue weighted by atomic mass is 19.1. The fraction of sp³-hybridized carbons (Fsp3) is 0.368. The normalized spacial score (nSPS) is 15.0. The van der Waals surface area contributed by atoms with Crippen molar-refractivity contribution >= 4 is 0 Å². The van der Waals surface area contributed by atoms with Crippen LogP contribution >= 0.6 is 0 Å². The fourth-order valence-corrected chi connectivity index (χ4v) is 3.20. The molecule has 1 N–H and O–H groups in total. The molecule has 0 radical (unpaired) electrons. The Labute approximate surface area is 126 Å². The van der Waals surface area contributed by atoms with E-state index >= 15 is 0 Å². The summed E-state index contributed by atoms with van der Waals surface area (Å²) in [5.41, 5.74) is 6.04. The van der Waals surface area contributed by atoms with Gasteiger partial charge in [-0.05, 0) is 73.5 Å². The number of hydrogen-bond acceptors (Lipinski definition) is 1. The second-order valence-corrected chi connectivity index (χ2v) is 6.01. The molecular weight excluding hydrogens is 261 g/mol. The maximum Gasteiger partial charge on any atom is 0.126 e. The highest BCUT2D eigenvalue weighted by Crippen LogP contribution is 2.26. The summed E-state index contributed by atoms with van der Waals surface area (Å²) in [6.07, 6.45) is 4.59. The van der Waals surface area contributed by atoms with Gasteiger partial charge in [0.05, 0.1) is 0 Å². The van der Waals surface area contributed by atoms with Gasteiger partial charge < -0.3 is 5.32 Å². The molecule has 21 heavy (non-hydrogen) atoms. The first kappa shape index (κ1) is 14.3. The molecule has 3 rings (SSSR count). The van der Waals surface area contributed by atoms with Crippen LogP contribution in [0.1, 0.15) is 40.3 Å². The van der Waals surface area contributed by atoms with Crippen LogP contribution in [0.2, 0.25) is 0 Å². The molecule has 0 amide bonds. The molecule has 1 nitrogen and oxygen atoms in total. The van der Waals surface area contributed by atoms with E-state index in [0.717, 1.165) is 12.0 Å². The van der Waals surface area contributed by atoms with Crippen LogP contribution in [0.3, 0.4) is 0 Å². The number of hydrogen-bond donors (Lipinski definition) is 1. The molecule has 2 aromatic carbocycles. The number of likely N-dealkylation sites (N-methyl/N-ethyl adjacent to an activating group) is 1. The first-order valence-electron chi connectivity index (χ1n) is 7.71. The zero-order chi connectivity index (χ0) is 14.8. The van der Waals surface area contributed by atoms with Gasteiger partial charge in [0.25, 0.3) is 0 Å². The largest absolute Gasteiger partial charge is 0.313 e. The first-order valence-corrected chi connectivity index (χ1v) is 7.71. The third-order valence-corrected chi connectivity index (χ3v) is 4.55. The van der Waals surface area contributed by atoms with Crippen LogP contribution in [0.15, 0.2) is 36.4 Å². The van der Waals surface area contributed by atoms with Crippen molar-refractivity contribution in [3.05, 3.63) is 70.0 Å². The second kappa shape index (κ2) is 5.98. The van der Waals surface area contributed by atoms with E-state index in [4.69, 9.17) is 0 Å². The fourth-order valence-electron chi connectivity index (χ4n) is 3.20. The Balaban J connectivity index is 1.82. The number of halogens is 1. The van der Waals surface area contributed by atoms with Crippen LogP contribution in [0.5, 0.6) is 0 Å². The van der Waals surface area contributed by atoms with Gasteiger partial charge >= 0.3 is 0 Å². The van der Waals surface area contributed by atoms with Crippen LogP contribution in [-0.4, -0.2) is 7.05 Å². The van der Waals surface area contributed by atoms with Gasteiger partial charge in [0.2, 0.25) is 0 Å². The van der Waals surface area contributed by atoms with Crippen LogP contribution in [0.4, 0.5) is 4.39 Å². The third-order valence-electron chi connectivity index (χ3n) is 4.55. The maximum atomic E-state index is 13.8. The Morgan fingerprint density at radius 2 is 1.90 bits per heavy atom. The Morgan fingerprint density at radius 1 is 1.10 bits per heavy atom. The van der Waals surface area contributed by atoms with Crippen LogP contribution in [0.25, 0.3) is 0 Å². The predicted molar refractivity (Wildman–Crippen MR) is 85.1 cm³/mol. The molecule has 0 aromatic heterocycles. The van der Waals surface area contributed by atoms with E-state index < -0.39 is 0 Å². The summed E-state index contributed by atoms with van der Waals surface area (Å²) in [6, 6.07) is 12.5. The van der Waals surface area contributed by atoms with Crippen LogP contribution < -0.4 is 5.32 Å². The van der Waals surface area contributed by atoms with E-state index in [0.29, 0.717) is 5.56 Å². The number of nitrogens with one attached hydrogen (secondary N) is 1. The van der Waals surface area contributed by atoms with Crippen molar-refractivity contribution in [1.82, 2.24) is 5.32 Å². The van der Waals surface area contributed by atoms with E-state index in [2.05, 4.69) is 23.5 Å². The average Bonchev–Trinajstić information content (AvgIpc) is 2.95. The first-order chi connectivity index (χ1) is 10.2. The van der Waals surface area contributed by atoms with Crippen molar-refractivity contribution in [3.8, 4) is 0 Å². The number of benzene rings is 2. The van der Waals surface area contributed by atoms with Crippen LogP contribution in [-0.2, 0) is 19.3 Å². The lowest BCUT2D eigenvalue weighted by atomic mass is 9.96. The molecule has 0 bridgehead atoms. The Morgan fingerprint density at radius 3 is 2.67 bits per heavy atom. The minimum Gasteiger partial charge on any atom is -0.313 e. The molecule has 1 aliphatic carbocycles. The Bertz CT molecular complexity index is 648. The van der Waals surface area contributed by atoms with E-state index in [1.807, 2.05) is 19.2 Å². The van der Waals surface area contributed by atoms with Gasteiger partial charge in [0, 0.05) is 6.04 Å². The van der Waals surface area contributed by atoms with Crippen molar-refractivity contribution in [1.29, 1.82) is 0 Å². The summed E-state index contributed by atoms with van der Waals surface area (Å²) in [4.78, 5) is 0. The number of rotatable bonds is 4. The van der Waals surface area contributed by atoms with Crippen LogP contribution in [0, 0.1) is 12.7 Å². The molecule has 0 saturated carbocycles. The van der Waals surface area contributed by atoms with Crippen molar-refractivity contribution in [2.75, 3.05) is 7.05 Å². The minimum absolute atomic E-state index is 0.123. The van der Waals surface area contributed by atoms with Crippen molar-refractivity contribution < 1.29 is 4.39 Å². The van der Waals surface area contributed by atoms with Crippen molar-refractivity contribution in [2.45, 2.75) is 38.6 Å². The molecule has 1 unspecified atom stereocenters. The standard InChI is InChI=1S/C19H22FN/c1-13-6-8-17(12-18(13)20)19(21-2)11-14-7-9-15-4-3-5-16(15)10-14/h6-10,12,19,21H,3-5,11H2,1-2H3. The minimum atomic E-state index is -0.123. The second-order valence-electron chi connectivity index (χ2n) is 6.01. The summed E-state index contributed by atoms with van der Waals surface area (Å²) >= 11 is 0. The quantitative estimate of drug-likeness (QED) is 0.889. The van der Waals surface area contributed by atoms with Gasteiger partial charge in [0.15, 0.2) is 0 Å². The zero-order valence-electron chi connectivity index (χ0n) is 12.7. The van der Waals surface area contributed by atoms with E-state index in [1.165, 1.54) is 36.0 Å². The molecule has 110 valence electrons. The molecular formula is C19H22FN. The summed E-state index contributed by atoms with van der Waals surface area (Å²) < 4.78 is 13.8. The lowest BCUT2D eigenvalue weighted by molar-refractivity contribution is 0.574. The molecule has 0 fully saturated rings. The lowest BCUT2D eigenvalue weighted by Gasteiger charge is -2.18. The Kier molecular flexibility index (Phi) is 4.07. The van der Waals surface area contributed by atoms with Gasteiger partial charge in [-0.3, -0.25) is 0 Å². The molecule has 0 spiro atoms. The predicted octanol–water partition coefficient (Wildman–Crippen LogP) is 4.13. The molecule has 0 aliphatic heterocycles. The van der Waals surface area contributed by atoms with Gasteiger partial charge in [-0.15, -0.1) is 0 Å². The van der Waals surface area contributed by atoms with E-state index in [-0.39, 0.29) is 11.9 Å². The summed E-state index contributed by atoms with van der Waals surface area (Å²) in [6.45, 7) is 1.80. The highest BCUT2D eigenvalue weighted by molar-refractivity contribution is 5.36. The smallest absolute Gasteiger partial charge is 0.126 e. The third kappa shape index (κ3) is 3.01. The molecule has 1 atom stereocenters. The lowest BCUT2D eigenvalue weighted by Crippen LogP contribution is -2.19. The van der Waals surface area contributed by atoms with Gasteiger partial charge in [-0.25, -0.2) is 4.39 Å². The molecule has 0 saturated heterocycles. The summed E-state index contributed by atoms with van der Waals surface area (Å²) in [5.74, 6) is -0.123. The number of fused-ring (bicyclic) bond motifs is 1. The average molecular weight is 283 g/mol. The maximum absolute atomic E-state index is 13.8. The van der Waals surface area contributed by atoms with Crippen molar-refractivity contribution in [2.24, 2.45) is 0 Å². The van der Waals surface area contributed by atoms with E-state index in [9.17, 15) is 4.39 Å². The van der Waals surface area contributed by atoms with Gasteiger partial charge in [-0.2, -0.15) is 0 Å².